The van der Waals surface area contributed by atoms with Gasteiger partial charge < -0.3 is 0 Å². The van der Waals surface area contributed by atoms with E-state index in [1.165, 1.54) is 0 Å². The van der Waals surface area contributed by atoms with Gasteiger partial charge in [-0.15, -0.1) is 11.6 Å². The first-order valence-corrected chi connectivity index (χ1v) is 6.84. The second-order valence-corrected chi connectivity index (χ2v) is 5.32. The summed E-state index contributed by atoms with van der Waals surface area (Å²) < 4.78 is 2.82. The zero-order chi connectivity index (χ0) is 12.4. The van der Waals surface area contributed by atoms with Gasteiger partial charge in [-0.25, -0.2) is 4.68 Å². The minimum absolute atomic E-state index is 0.392. The van der Waals surface area contributed by atoms with Gasteiger partial charge in [0.05, 0.1) is 18.1 Å². The van der Waals surface area contributed by atoms with Crippen LogP contribution in [0, 0.1) is 6.92 Å². The summed E-state index contributed by atoms with van der Waals surface area (Å²) in [5, 5.41) is 5.01. The van der Waals surface area contributed by atoms with Crippen molar-refractivity contribution >= 4 is 39.1 Å². The van der Waals surface area contributed by atoms with Crippen LogP contribution in [0.5, 0.6) is 0 Å². The summed E-state index contributed by atoms with van der Waals surface area (Å²) in [6.07, 6.45) is 0. The molecule has 0 unspecified atom stereocenters. The van der Waals surface area contributed by atoms with E-state index in [1.54, 1.807) is 4.68 Å². The Morgan fingerprint density at radius 1 is 1.41 bits per heavy atom. The molecule has 0 N–H and O–H groups in total. The SMILES string of the molecule is Cc1nn(Cc2cccc(Br)c2)c(Cl)c1CCl. The Hall–Kier alpha value is -0.510. The molecule has 5 heteroatoms. The van der Waals surface area contributed by atoms with Gasteiger partial charge in [-0.05, 0) is 24.6 Å². The minimum Gasteiger partial charge on any atom is -0.249 e. The van der Waals surface area contributed by atoms with Crippen molar-refractivity contribution in [1.82, 2.24) is 9.78 Å². The molecule has 2 aromatic rings. The van der Waals surface area contributed by atoms with Crippen LogP contribution in [0.25, 0.3) is 0 Å². The third kappa shape index (κ3) is 2.84. The Labute approximate surface area is 119 Å². The standard InChI is InChI=1S/C12H11BrCl2N2/c1-8-11(6-14)12(15)17(16-8)7-9-3-2-4-10(13)5-9/h2-5H,6-7H2,1H3. The third-order valence-corrected chi connectivity index (χ3v) is 3.72. The lowest BCUT2D eigenvalue weighted by Gasteiger charge is -2.04. The highest BCUT2D eigenvalue weighted by molar-refractivity contribution is 9.10. The molecule has 0 aliphatic carbocycles. The molecule has 1 heterocycles. The molecule has 0 atom stereocenters. The van der Waals surface area contributed by atoms with Crippen LogP contribution in [0.3, 0.4) is 0 Å². The molecular formula is C12H11BrCl2N2. The molecule has 0 fully saturated rings. The molecule has 0 spiro atoms. The minimum atomic E-state index is 0.392. The Bertz CT molecular complexity index is 537. The van der Waals surface area contributed by atoms with Crippen molar-refractivity contribution in [1.29, 1.82) is 0 Å². The molecule has 0 aliphatic rings. The van der Waals surface area contributed by atoms with Crippen LogP contribution in [0.2, 0.25) is 5.15 Å². The normalized spacial score (nSPS) is 10.8. The first kappa shape index (κ1) is 12.9. The summed E-state index contributed by atoms with van der Waals surface area (Å²) in [5.74, 6) is 0.392. The largest absolute Gasteiger partial charge is 0.249 e. The third-order valence-electron chi connectivity index (χ3n) is 2.54. The topological polar surface area (TPSA) is 17.8 Å². The van der Waals surface area contributed by atoms with E-state index in [4.69, 9.17) is 23.2 Å². The zero-order valence-electron chi connectivity index (χ0n) is 9.25. The average Bonchev–Trinajstić information content (AvgIpc) is 2.54. The van der Waals surface area contributed by atoms with E-state index in [-0.39, 0.29) is 0 Å². The molecule has 17 heavy (non-hydrogen) atoms. The first-order chi connectivity index (χ1) is 8.11. The van der Waals surface area contributed by atoms with Crippen LogP contribution in [0.1, 0.15) is 16.8 Å². The Morgan fingerprint density at radius 3 is 2.76 bits per heavy atom. The van der Waals surface area contributed by atoms with Gasteiger partial charge in [0.25, 0.3) is 0 Å². The molecule has 2 nitrogen and oxygen atoms in total. The second-order valence-electron chi connectivity index (χ2n) is 3.78. The highest BCUT2D eigenvalue weighted by Gasteiger charge is 2.12. The predicted molar refractivity (Wildman–Crippen MR) is 74.8 cm³/mol. The number of rotatable bonds is 3. The summed E-state index contributed by atoms with van der Waals surface area (Å²) in [4.78, 5) is 0. The maximum atomic E-state index is 6.22. The van der Waals surface area contributed by atoms with E-state index in [0.29, 0.717) is 17.6 Å². The van der Waals surface area contributed by atoms with Gasteiger partial charge >= 0.3 is 0 Å². The van der Waals surface area contributed by atoms with Crippen LogP contribution in [0.15, 0.2) is 28.7 Å². The molecule has 0 saturated heterocycles. The van der Waals surface area contributed by atoms with Gasteiger partial charge in [-0.3, -0.25) is 0 Å². The number of alkyl halides is 1. The predicted octanol–water partition coefficient (Wildman–Crippen LogP) is 4.39. The number of benzene rings is 1. The van der Waals surface area contributed by atoms with Gasteiger partial charge in [0.2, 0.25) is 0 Å². The van der Waals surface area contributed by atoms with Crippen molar-refractivity contribution in [3.63, 3.8) is 0 Å². The second kappa shape index (κ2) is 5.42. The van der Waals surface area contributed by atoms with E-state index in [9.17, 15) is 0 Å². The lowest BCUT2D eigenvalue weighted by Crippen LogP contribution is -2.02. The summed E-state index contributed by atoms with van der Waals surface area (Å²) >= 11 is 15.5. The molecule has 0 aliphatic heterocycles. The van der Waals surface area contributed by atoms with Crippen molar-refractivity contribution in [3.05, 3.63) is 50.7 Å². The highest BCUT2D eigenvalue weighted by atomic mass is 79.9. The molecule has 2 rings (SSSR count). The molecule has 0 radical (unpaired) electrons. The fourth-order valence-corrected chi connectivity index (χ4v) is 2.79. The van der Waals surface area contributed by atoms with Gasteiger partial charge in [0.1, 0.15) is 5.15 Å². The van der Waals surface area contributed by atoms with Crippen LogP contribution in [-0.4, -0.2) is 9.78 Å². The first-order valence-electron chi connectivity index (χ1n) is 5.14. The molecule has 0 bridgehead atoms. The quantitative estimate of drug-likeness (QED) is 0.761. The lowest BCUT2D eigenvalue weighted by molar-refractivity contribution is 0.680. The Morgan fingerprint density at radius 2 is 2.18 bits per heavy atom. The van der Waals surface area contributed by atoms with Crippen LogP contribution in [-0.2, 0) is 12.4 Å². The summed E-state index contributed by atoms with van der Waals surface area (Å²) in [6.45, 7) is 2.57. The van der Waals surface area contributed by atoms with Gasteiger partial charge in [-0.1, -0.05) is 39.7 Å². The van der Waals surface area contributed by atoms with Crippen molar-refractivity contribution < 1.29 is 0 Å². The van der Waals surface area contributed by atoms with E-state index >= 15 is 0 Å². The fraction of sp³-hybridized carbons (Fsp3) is 0.250. The van der Waals surface area contributed by atoms with Crippen LogP contribution >= 0.6 is 39.1 Å². The summed E-state index contributed by atoms with van der Waals surface area (Å²) in [5.41, 5.74) is 2.94. The van der Waals surface area contributed by atoms with E-state index in [0.717, 1.165) is 21.3 Å². The van der Waals surface area contributed by atoms with Crippen molar-refractivity contribution in [2.45, 2.75) is 19.3 Å². The maximum absolute atomic E-state index is 6.22. The number of aromatic nitrogens is 2. The fourth-order valence-electron chi connectivity index (χ4n) is 1.66. The van der Waals surface area contributed by atoms with Gasteiger partial charge in [0.15, 0.2) is 0 Å². The van der Waals surface area contributed by atoms with Gasteiger partial charge in [0, 0.05) is 10.0 Å². The zero-order valence-corrected chi connectivity index (χ0v) is 12.3. The van der Waals surface area contributed by atoms with Gasteiger partial charge in [-0.2, -0.15) is 5.10 Å². The molecule has 0 saturated carbocycles. The van der Waals surface area contributed by atoms with Crippen molar-refractivity contribution in [2.75, 3.05) is 0 Å². The van der Waals surface area contributed by atoms with E-state index in [1.807, 2.05) is 31.2 Å². The number of hydrogen-bond acceptors (Lipinski definition) is 1. The summed E-state index contributed by atoms with van der Waals surface area (Å²) in [6, 6.07) is 8.07. The van der Waals surface area contributed by atoms with Crippen molar-refractivity contribution in [3.8, 4) is 0 Å². The monoisotopic (exact) mass is 332 g/mol. The van der Waals surface area contributed by atoms with Crippen molar-refractivity contribution in [2.24, 2.45) is 0 Å². The van der Waals surface area contributed by atoms with Crippen LogP contribution < -0.4 is 0 Å². The lowest BCUT2D eigenvalue weighted by atomic mass is 10.2. The van der Waals surface area contributed by atoms with Crippen LogP contribution in [0.4, 0.5) is 0 Å². The Kier molecular flexibility index (Phi) is 4.13. The molecular weight excluding hydrogens is 323 g/mol. The van der Waals surface area contributed by atoms with E-state index < -0.39 is 0 Å². The smallest absolute Gasteiger partial charge is 0.132 e. The molecule has 0 amide bonds. The average molecular weight is 334 g/mol. The molecule has 90 valence electrons. The van der Waals surface area contributed by atoms with E-state index in [2.05, 4.69) is 21.0 Å². The number of halogens is 3. The highest BCUT2D eigenvalue weighted by Crippen LogP contribution is 2.23. The molecule has 1 aromatic carbocycles. The molecule has 1 aromatic heterocycles. The number of aryl methyl sites for hydroxylation is 1. The summed E-state index contributed by atoms with van der Waals surface area (Å²) in [7, 11) is 0. The Balaban J connectivity index is 2.30. The maximum Gasteiger partial charge on any atom is 0.132 e. The number of nitrogens with zero attached hydrogens (tertiary/aromatic N) is 2. The number of hydrogen-bond donors (Lipinski definition) is 0.